The fourth-order valence-corrected chi connectivity index (χ4v) is 5.38. The van der Waals surface area contributed by atoms with Gasteiger partial charge in [-0.25, -0.2) is 0 Å². The van der Waals surface area contributed by atoms with Crippen LogP contribution in [0.4, 0.5) is 0 Å². The summed E-state index contributed by atoms with van der Waals surface area (Å²) in [7, 11) is 0. The number of likely N-dealkylation sites (tertiary alicyclic amines) is 1. The van der Waals surface area contributed by atoms with E-state index in [-0.39, 0.29) is 17.7 Å². The molecule has 30 heavy (non-hydrogen) atoms. The number of fused-ring (bicyclic) bond motifs is 1. The van der Waals surface area contributed by atoms with Crippen LogP contribution >= 0.6 is 0 Å². The van der Waals surface area contributed by atoms with Gasteiger partial charge in [0.15, 0.2) is 0 Å². The molecule has 3 atom stereocenters. The van der Waals surface area contributed by atoms with E-state index in [4.69, 9.17) is 0 Å². The highest BCUT2D eigenvalue weighted by molar-refractivity contribution is 5.94. The Morgan fingerprint density at radius 2 is 2.00 bits per heavy atom. The lowest BCUT2D eigenvalue weighted by Crippen LogP contribution is -2.67. The third kappa shape index (κ3) is 3.75. The van der Waals surface area contributed by atoms with Crippen molar-refractivity contribution in [2.24, 2.45) is 0 Å². The van der Waals surface area contributed by atoms with Gasteiger partial charge in [-0.2, -0.15) is 0 Å². The fraction of sp³-hybridized carbons (Fsp3) is 0.400. The summed E-state index contributed by atoms with van der Waals surface area (Å²) in [6, 6.07) is 16.5. The molecule has 1 amide bonds. The van der Waals surface area contributed by atoms with Crippen molar-refractivity contribution in [3.8, 4) is 5.75 Å². The molecule has 0 spiro atoms. The summed E-state index contributed by atoms with van der Waals surface area (Å²) < 4.78 is 0. The van der Waals surface area contributed by atoms with Crippen LogP contribution in [0.5, 0.6) is 5.75 Å². The van der Waals surface area contributed by atoms with Gasteiger partial charge < -0.3 is 15.5 Å². The van der Waals surface area contributed by atoms with Crippen LogP contribution in [0.3, 0.4) is 0 Å². The number of aliphatic hydroxyl groups is 1. The summed E-state index contributed by atoms with van der Waals surface area (Å²) in [6.07, 6.45) is 4.59. The smallest absolute Gasteiger partial charge is 0.251 e. The maximum atomic E-state index is 12.8. The topological polar surface area (TPSA) is 72.8 Å². The zero-order chi connectivity index (χ0) is 21.2. The van der Waals surface area contributed by atoms with E-state index in [0.717, 1.165) is 31.5 Å². The molecule has 2 aromatic rings. The van der Waals surface area contributed by atoms with Gasteiger partial charge in [0.2, 0.25) is 0 Å². The summed E-state index contributed by atoms with van der Waals surface area (Å²) in [4.78, 5) is 15.0. The number of nitrogens with zero attached hydrogens (tertiary/aromatic N) is 1. The number of phenolic OH excluding ortho intramolecular Hbond substituents is 1. The van der Waals surface area contributed by atoms with Crippen molar-refractivity contribution in [3.05, 3.63) is 78.4 Å². The largest absolute Gasteiger partial charge is 0.508 e. The van der Waals surface area contributed by atoms with Crippen molar-refractivity contribution < 1.29 is 15.0 Å². The molecule has 5 nitrogen and oxygen atoms in total. The molecule has 0 unspecified atom stereocenters. The SMILES string of the molecule is C=CCN1CC[C@@]2(c3cccc(O)c3)C[C@@H](NC(=O)c3ccccc3)CC[C@]2(O)C1. The number of amides is 1. The van der Waals surface area contributed by atoms with Gasteiger partial charge in [0.1, 0.15) is 5.75 Å². The number of nitrogens with one attached hydrogen (secondary N) is 1. The first kappa shape index (κ1) is 20.6. The van der Waals surface area contributed by atoms with Crippen molar-refractivity contribution in [1.82, 2.24) is 10.2 Å². The number of benzene rings is 2. The molecule has 0 aromatic heterocycles. The Bertz CT molecular complexity index is 916. The first-order valence-corrected chi connectivity index (χ1v) is 10.7. The predicted molar refractivity (Wildman–Crippen MR) is 118 cm³/mol. The van der Waals surface area contributed by atoms with Crippen molar-refractivity contribution in [1.29, 1.82) is 0 Å². The molecule has 1 saturated carbocycles. The van der Waals surface area contributed by atoms with E-state index >= 15 is 0 Å². The molecule has 0 radical (unpaired) electrons. The molecule has 0 bridgehead atoms. The predicted octanol–water partition coefficient (Wildman–Crippen LogP) is 3.24. The highest BCUT2D eigenvalue weighted by atomic mass is 16.3. The Kier molecular flexibility index (Phi) is 5.67. The van der Waals surface area contributed by atoms with Gasteiger partial charge in [0, 0.05) is 30.1 Å². The lowest BCUT2D eigenvalue weighted by molar-refractivity contribution is -0.123. The molecule has 5 heteroatoms. The Labute approximate surface area is 178 Å². The quantitative estimate of drug-likeness (QED) is 0.667. The zero-order valence-electron chi connectivity index (χ0n) is 17.3. The van der Waals surface area contributed by atoms with Crippen LogP contribution in [0.1, 0.15) is 41.6 Å². The monoisotopic (exact) mass is 406 g/mol. The summed E-state index contributed by atoms with van der Waals surface area (Å²) in [5.41, 5.74) is 0.152. The van der Waals surface area contributed by atoms with E-state index in [1.807, 2.05) is 48.5 Å². The van der Waals surface area contributed by atoms with Crippen molar-refractivity contribution in [3.63, 3.8) is 0 Å². The minimum atomic E-state index is -0.921. The molecule has 158 valence electrons. The second-order valence-corrected chi connectivity index (χ2v) is 8.72. The zero-order valence-corrected chi connectivity index (χ0v) is 17.3. The molecule has 4 rings (SSSR count). The average molecular weight is 407 g/mol. The maximum Gasteiger partial charge on any atom is 0.251 e. The first-order chi connectivity index (χ1) is 14.5. The third-order valence-corrected chi connectivity index (χ3v) is 6.89. The number of carbonyl (C=O) groups is 1. The molecule has 2 fully saturated rings. The highest BCUT2D eigenvalue weighted by Crippen LogP contribution is 2.52. The molecule has 3 N–H and O–H groups in total. The molecule has 1 heterocycles. The Morgan fingerprint density at radius 1 is 1.20 bits per heavy atom. The van der Waals surface area contributed by atoms with Gasteiger partial charge >= 0.3 is 0 Å². The summed E-state index contributed by atoms with van der Waals surface area (Å²) >= 11 is 0. The average Bonchev–Trinajstić information content (AvgIpc) is 2.75. The molecule has 2 aliphatic rings. The van der Waals surface area contributed by atoms with Gasteiger partial charge in [0.25, 0.3) is 5.91 Å². The van der Waals surface area contributed by atoms with E-state index in [9.17, 15) is 15.0 Å². The minimum Gasteiger partial charge on any atom is -0.508 e. The van der Waals surface area contributed by atoms with Gasteiger partial charge in [0.05, 0.1) is 5.60 Å². The number of hydrogen-bond acceptors (Lipinski definition) is 4. The van der Waals surface area contributed by atoms with Crippen LogP contribution in [0, 0.1) is 0 Å². The number of rotatable bonds is 5. The van der Waals surface area contributed by atoms with Crippen molar-refractivity contribution >= 4 is 5.91 Å². The highest BCUT2D eigenvalue weighted by Gasteiger charge is 2.57. The number of β-amino-alcohol motifs (C(OH)–C–C–N with tert-alkyl or cyclic N) is 1. The van der Waals surface area contributed by atoms with Gasteiger partial charge in [-0.3, -0.25) is 9.69 Å². The second-order valence-electron chi connectivity index (χ2n) is 8.72. The van der Waals surface area contributed by atoms with E-state index in [1.54, 1.807) is 12.1 Å². The van der Waals surface area contributed by atoms with E-state index in [2.05, 4.69) is 16.8 Å². The second kappa shape index (κ2) is 8.25. The molecule has 1 aliphatic heterocycles. The number of hydrogen-bond donors (Lipinski definition) is 3. The van der Waals surface area contributed by atoms with Gasteiger partial charge in [-0.05, 0) is 62.1 Å². The van der Waals surface area contributed by atoms with E-state index < -0.39 is 11.0 Å². The molecule has 1 aliphatic carbocycles. The lowest BCUT2D eigenvalue weighted by Gasteiger charge is -2.58. The summed E-state index contributed by atoms with van der Waals surface area (Å²) in [5, 5.41) is 25.2. The van der Waals surface area contributed by atoms with Crippen LogP contribution in [-0.2, 0) is 5.41 Å². The van der Waals surface area contributed by atoms with Gasteiger partial charge in [-0.15, -0.1) is 6.58 Å². The standard InChI is InChI=1S/C25H30N2O3/c1-2-14-27-15-13-24(20-9-6-10-22(28)16-20)17-21(11-12-25(24,30)18-27)26-23(29)19-7-4-3-5-8-19/h2-10,16,21,28,30H,1,11-15,17-18H2,(H,26,29)/t21-,24-,25-/m0/s1. The Hall–Kier alpha value is -2.63. The van der Waals surface area contributed by atoms with Crippen LogP contribution < -0.4 is 5.32 Å². The minimum absolute atomic E-state index is 0.0358. The number of aromatic hydroxyl groups is 1. The molecule has 1 saturated heterocycles. The number of piperidine rings is 1. The molecular formula is C25H30N2O3. The van der Waals surface area contributed by atoms with Crippen LogP contribution in [0.15, 0.2) is 67.3 Å². The van der Waals surface area contributed by atoms with E-state index in [1.165, 1.54) is 0 Å². The number of carbonyl (C=O) groups excluding carboxylic acids is 1. The number of phenols is 1. The van der Waals surface area contributed by atoms with Gasteiger partial charge in [-0.1, -0.05) is 36.4 Å². The first-order valence-electron chi connectivity index (χ1n) is 10.7. The van der Waals surface area contributed by atoms with Crippen LogP contribution in [0.25, 0.3) is 0 Å². The fourth-order valence-electron chi connectivity index (χ4n) is 5.38. The molecular weight excluding hydrogens is 376 g/mol. The van der Waals surface area contributed by atoms with E-state index in [0.29, 0.717) is 24.9 Å². The maximum absolute atomic E-state index is 12.8. The lowest BCUT2D eigenvalue weighted by atomic mass is 9.55. The Morgan fingerprint density at radius 3 is 2.73 bits per heavy atom. The normalized spacial score (nSPS) is 29.0. The van der Waals surface area contributed by atoms with Crippen molar-refractivity contribution in [2.45, 2.75) is 42.7 Å². The van der Waals surface area contributed by atoms with Crippen molar-refractivity contribution in [2.75, 3.05) is 19.6 Å². The van der Waals surface area contributed by atoms with Crippen LogP contribution in [0.2, 0.25) is 0 Å². The summed E-state index contributed by atoms with van der Waals surface area (Å²) in [5.74, 6) is 0.120. The van der Waals surface area contributed by atoms with Crippen LogP contribution in [-0.4, -0.2) is 52.3 Å². The molecule has 2 aromatic carbocycles. The third-order valence-electron chi connectivity index (χ3n) is 6.89. The summed E-state index contributed by atoms with van der Waals surface area (Å²) in [6.45, 7) is 5.98. The Balaban J connectivity index is 1.63.